The highest BCUT2D eigenvalue weighted by atomic mass is 16.6. The van der Waals surface area contributed by atoms with Gasteiger partial charge in [0.25, 0.3) is 0 Å². The zero-order valence-electron chi connectivity index (χ0n) is 26.2. The van der Waals surface area contributed by atoms with Gasteiger partial charge in [-0.15, -0.1) is 0 Å². The zero-order chi connectivity index (χ0) is 29.0. The van der Waals surface area contributed by atoms with Crippen molar-refractivity contribution in [3.63, 3.8) is 0 Å². The molecule has 8 rings (SSSR count). The van der Waals surface area contributed by atoms with Crippen LogP contribution in [-0.2, 0) is 21.4 Å². The third-order valence-corrected chi connectivity index (χ3v) is 13.0. The molecule has 41 heavy (non-hydrogen) atoms. The monoisotopic (exact) mass is 565 g/mol. The smallest absolute Gasteiger partial charge is 0.311 e. The van der Waals surface area contributed by atoms with Gasteiger partial charge in [-0.1, -0.05) is 46.6 Å². The second-order valence-corrected chi connectivity index (χ2v) is 15.7. The molecule has 4 saturated carbocycles. The topological polar surface area (TPSA) is 68.2 Å². The Morgan fingerprint density at radius 3 is 2.61 bits per heavy atom. The lowest BCUT2D eigenvalue weighted by Crippen LogP contribution is -2.83. The second kappa shape index (κ2) is 9.19. The Hall–Kier alpha value is -1.63. The number of ether oxygens (including phenoxy) is 3. The van der Waals surface area contributed by atoms with Crippen LogP contribution in [0.3, 0.4) is 0 Å². The maximum atomic E-state index is 12.9. The first-order valence-corrected chi connectivity index (χ1v) is 16.5. The lowest BCUT2D eigenvalue weighted by atomic mass is 9.33. The van der Waals surface area contributed by atoms with Crippen LogP contribution >= 0.6 is 0 Å². The third kappa shape index (κ3) is 3.62. The number of benzene rings is 1. The van der Waals surface area contributed by atoms with E-state index >= 15 is 0 Å². The normalized spacial score (nSPS) is 38.3. The number of hydrogen-bond donors (Lipinski definition) is 1. The number of esters is 1. The Bertz CT molecular complexity index is 1230. The van der Waals surface area contributed by atoms with Gasteiger partial charge < -0.3 is 19.3 Å². The van der Waals surface area contributed by atoms with Crippen LogP contribution in [0.2, 0.25) is 0 Å². The first kappa shape index (κ1) is 28.2. The molecule has 0 aromatic heterocycles. The lowest BCUT2D eigenvalue weighted by Gasteiger charge is -2.75. The van der Waals surface area contributed by atoms with Gasteiger partial charge in [0.15, 0.2) is 11.5 Å². The van der Waals surface area contributed by atoms with Crippen molar-refractivity contribution in [1.29, 1.82) is 0 Å². The van der Waals surface area contributed by atoms with Crippen molar-refractivity contribution in [3.05, 3.63) is 23.3 Å². The molecule has 1 N–H and O–H groups in total. The van der Waals surface area contributed by atoms with E-state index in [1.807, 2.05) is 20.1 Å². The van der Waals surface area contributed by atoms with Crippen molar-refractivity contribution in [2.45, 2.75) is 134 Å². The number of likely N-dealkylation sites (tertiary alicyclic amines) is 1. The van der Waals surface area contributed by atoms with E-state index in [0.717, 1.165) is 69.6 Å². The first-order chi connectivity index (χ1) is 19.4. The van der Waals surface area contributed by atoms with E-state index in [1.165, 1.54) is 30.5 Å². The highest BCUT2D eigenvalue weighted by Gasteiger charge is 2.82. The number of carbonyl (C=O) groups excluding carboxylic acids is 1. The number of hydrogen-bond acceptors (Lipinski definition) is 6. The Labute approximate surface area is 246 Å². The second-order valence-electron chi connectivity index (χ2n) is 15.7. The Kier molecular flexibility index (Phi) is 6.31. The van der Waals surface area contributed by atoms with Gasteiger partial charge in [-0.25, -0.2) is 0 Å². The summed E-state index contributed by atoms with van der Waals surface area (Å²) in [5.41, 5.74) is 0.591. The highest BCUT2D eigenvalue weighted by Crippen LogP contribution is 2.78. The third-order valence-electron chi connectivity index (χ3n) is 13.0. The van der Waals surface area contributed by atoms with Crippen LogP contribution in [0.4, 0.5) is 0 Å². The molecular weight excluding hydrogens is 514 g/mol. The predicted octanol–water partition coefficient (Wildman–Crippen LogP) is 6.19. The number of carbonyl (C=O) groups is 1. The Balaban J connectivity index is 1.38. The largest absolute Gasteiger partial charge is 0.482 e. The van der Waals surface area contributed by atoms with E-state index < -0.39 is 11.2 Å². The van der Waals surface area contributed by atoms with Crippen LogP contribution < -0.4 is 9.47 Å². The molecule has 2 heterocycles. The van der Waals surface area contributed by atoms with Gasteiger partial charge in [0.05, 0.1) is 5.60 Å². The summed E-state index contributed by atoms with van der Waals surface area (Å²) in [4.78, 5) is 15.8. The molecule has 5 aliphatic carbocycles. The molecule has 6 heteroatoms. The number of aliphatic hydroxyl groups is 1. The average molecular weight is 566 g/mol. The summed E-state index contributed by atoms with van der Waals surface area (Å²) in [6.45, 7) is 12.9. The molecule has 1 aromatic carbocycles. The Morgan fingerprint density at radius 2 is 1.93 bits per heavy atom. The van der Waals surface area contributed by atoms with Crippen molar-refractivity contribution in [2.24, 2.45) is 22.7 Å². The van der Waals surface area contributed by atoms with Crippen LogP contribution in [0, 0.1) is 22.7 Å². The van der Waals surface area contributed by atoms with E-state index in [-0.39, 0.29) is 34.2 Å². The molecule has 1 saturated heterocycles. The number of fused-ring (bicyclic) bond motifs is 2. The van der Waals surface area contributed by atoms with E-state index in [1.54, 1.807) is 0 Å². The van der Waals surface area contributed by atoms with Crippen LogP contribution in [0.5, 0.6) is 11.5 Å². The molecule has 2 spiro atoms. The highest BCUT2D eigenvalue weighted by molar-refractivity contribution is 5.75. The molecule has 1 aromatic rings. The number of unbranched alkanes of at least 4 members (excludes halogenated alkanes) is 2. The molecule has 226 valence electrons. The van der Waals surface area contributed by atoms with Gasteiger partial charge in [0.2, 0.25) is 0 Å². The predicted molar refractivity (Wildman–Crippen MR) is 158 cm³/mol. The fourth-order valence-electron chi connectivity index (χ4n) is 10.3. The van der Waals surface area contributed by atoms with Crippen molar-refractivity contribution in [2.75, 3.05) is 20.2 Å². The fraction of sp³-hybridized carbons (Fsp3) is 0.800. The number of methoxy groups -OCH3 is 1. The van der Waals surface area contributed by atoms with E-state index in [2.05, 4.69) is 38.7 Å². The maximum Gasteiger partial charge on any atom is 0.311 e. The van der Waals surface area contributed by atoms with Gasteiger partial charge in [0, 0.05) is 48.4 Å². The van der Waals surface area contributed by atoms with Gasteiger partial charge in [-0.3, -0.25) is 9.69 Å². The molecule has 7 atom stereocenters. The van der Waals surface area contributed by atoms with Gasteiger partial charge in [-0.05, 0) is 87.8 Å². The molecule has 0 unspecified atom stereocenters. The van der Waals surface area contributed by atoms with Gasteiger partial charge >= 0.3 is 5.97 Å². The molecule has 4 bridgehead atoms. The standard InChI is InChI=1S/C35H51NO5/c1-7-8-9-10-27(37)40-24-14-13-23-19-26-33-15-16-35(39-6,25(20-33)32(5,38)31(2,3)4)30-34(33,28(23)29(24)41-30)17-18-36(26)21-22-11-12-22/h13-14,22,25-26,30,38H,7-12,15-21H2,1-6H3/t25-,26-,30-,32+,33-,34+,35-/m1/s1. The molecule has 2 aliphatic heterocycles. The maximum absolute atomic E-state index is 12.9. The van der Waals surface area contributed by atoms with Crippen molar-refractivity contribution in [3.8, 4) is 11.5 Å². The van der Waals surface area contributed by atoms with E-state index in [9.17, 15) is 9.90 Å². The van der Waals surface area contributed by atoms with Crippen LogP contribution in [0.1, 0.15) is 110 Å². The van der Waals surface area contributed by atoms with Crippen LogP contribution in [0.25, 0.3) is 0 Å². The van der Waals surface area contributed by atoms with Crippen molar-refractivity contribution < 1.29 is 24.1 Å². The number of nitrogens with zero attached hydrogens (tertiary/aromatic N) is 1. The summed E-state index contributed by atoms with van der Waals surface area (Å²) in [5.74, 6) is 1.96. The summed E-state index contributed by atoms with van der Waals surface area (Å²) < 4.78 is 20.0. The average Bonchev–Trinajstić information content (AvgIpc) is 3.67. The SMILES string of the molecule is CCCCCC(=O)Oc1ccc2c3c1O[C@H]1[C@@]4(OC)CC[C@@]5(C[C@@H]4[C@](C)(O)C(C)(C)C)[C@@H](C2)N(CC2CC2)CC[C@]315. The van der Waals surface area contributed by atoms with Crippen molar-refractivity contribution in [1.82, 2.24) is 4.90 Å². The molecule has 0 radical (unpaired) electrons. The molecule has 6 nitrogen and oxygen atoms in total. The summed E-state index contributed by atoms with van der Waals surface area (Å²) in [7, 11) is 1.84. The summed E-state index contributed by atoms with van der Waals surface area (Å²) in [5, 5.41) is 12.4. The van der Waals surface area contributed by atoms with E-state index in [4.69, 9.17) is 14.2 Å². The first-order valence-electron chi connectivity index (χ1n) is 16.5. The number of rotatable bonds is 9. The van der Waals surface area contributed by atoms with Gasteiger partial charge in [-0.2, -0.15) is 0 Å². The lowest BCUT2D eigenvalue weighted by molar-refractivity contribution is -0.312. The molecular formula is C35H51NO5. The minimum absolute atomic E-state index is 0.00694. The zero-order valence-corrected chi connectivity index (χ0v) is 26.2. The van der Waals surface area contributed by atoms with Gasteiger partial charge in [0.1, 0.15) is 11.7 Å². The van der Waals surface area contributed by atoms with Crippen LogP contribution in [0.15, 0.2) is 12.1 Å². The minimum atomic E-state index is -0.944. The molecule has 7 aliphatic rings. The summed E-state index contributed by atoms with van der Waals surface area (Å²) in [6, 6.07) is 4.65. The summed E-state index contributed by atoms with van der Waals surface area (Å²) in [6.07, 6.45) is 10.8. The molecule has 0 amide bonds. The number of piperidine rings is 1. The minimum Gasteiger partial charge on any atom is -0.482 e. The molecule has 5 fully saturated rings. The van der Waals surface area contributed by atoms with E-state index in [0.29, 0.717) is 18.2 Å². The fourth-order valence-corrected chi connectivity index (χ4v) is 10.3. The van der Waals surface area contributed by atoms with Crippen LogP contribution in [-0.4, -0.2) is 59.5 Å². The summed E-state index contributed by atoms with van der Waals surface area (Å²) >= 11 is 0. The quantitative estimate of drug-likeness (QED) is 0.219. The van der Waals surface area contributed by atoms with Crippen molar-refractivity contribution >= 4 is 5.97 Å². The Morgan fingerprint density at radius 1 is 1.15 bits per heavy atom.